The Hall–Kier alpha value is -1.31. The quantitative estimate of drug-likeness (QED) is 0.685. The van der Waals surface area contributed by atoms with Crippen molar-refractivity contribution in [2.45, 2.75) is 77.6 Å². The minimum atomic E-state index is 0.141. The monoisotopic (exact) mass is 352 g/mol. The van der Waals surface area contributed by atoms with Gasteiger partial charge in [-0.1, -0.05) is 19.9 Å². The molecule has 140 valence electrons. The Morgan fingerprint density at radius 3 is 2.65 bits per heavy atom. The van der Waals surface area contributed by atoms with E-state index >= 15 is 0 Å². The molecule has 4 aliphatic rings. The smallest absolute Gasteiger partial charge is 0.133 e. The van der Waals surface area contributed by atoms with Gasteiger partial charge in [-0.15, -0.1) is 0 Å². The second-order valence-electron chi connectivity index (χ2n) is 10.4. The molecule has 2 heteroatoms. The lowest BCUT2D eigenvalue weighted by Crippen LogP contribution is -2.54. The maximum Gasteiger partial charge on any atom is 0.133 e. The van der Waals surface area contributed by atoms with Gasteiger partial charge in [-0.3, -0.25) is 4.79 Å². The maximum absolute atomic E-state index is 12.0. The molecule has 0 unspecified atom stereocenters. The van der Waals surface area contributed by atoms with E-state index in [1.165, 1.54) is 42.4 Å². The molecule has 5 rings (SSSR count). The zero-order chi connectivity index (χ0) is 18.3. The molecule has 6 atom stereocenters. The number of carbonyl (C=O) groups excluding carboxylic acids is 1. The Labute approximate surface area is 157 Å². The Morgan fingerprint density at radius 1 is 1.04 bits per heavy atom. The van der Waals surface area contributed by atoms with Crippen LogP contribution in [0, 0.1) is 36.0 Å². The molecule has 3 saturated carbocycles. The van der Waals surface area contributed by atoms with Crippen molar-refractivity contribution >= 4 is 5.78 Å². The summed E-state index contributed by atoms with van der Waals surface area (Å²) >= 11 is 0. The van der Waals surface area contributed by atoms with Crippen LogP contribution in [0.5, 0.6) is 5.75 Å². The molecule has 0 heterocycles. The van der Waals surface area contributed by atoms with E-state index in [-0.39, 0.29) is 5.41 Å². The van der Waals surface area contributed by atoms with Crippen molar-refractivity contribution in [2.75, 3.05) is 0 Å². The van der Waals surface area contributed by atoms with Crippen molar-refractivity contribution in [3.8, 4) is 5.75 Å². The van der Waals surface area contributed by atoms with Crippen molar-refractivity contribution in [2.24, 2.45) is 29.1 Å². The van der Waals surface area contributed by atoms with E-state index in [4.69, 9.17) is 0 Å². The van der Waals surface area contributed by atoms with Crippen molar-refractivity contribution in [3.05, 3.63) is 28.8 Å². The van der Waals surface area contributed by atoms with E-state index < -0.39 is 0 Å². The van der Waals surface area contributed by atoms with E-state index in [0.717, 1.165) is 37.5 Å². The summed E-state index contributed by atoms with van der Waals surface area (Å²) in [5.41, 5.74) is 4.35. The lowest BCUT2D eigenvalue weighted by Gasteiger charge is -2.59. The molecule has 26 heavy (non-hydrogen) atoms. The number of phenols is 1. The number of aryl methyl sites for hydroxylation is 1. The molecule has 1 N–H and O–H groups in total. The zero-order valence-corrected chi connectivity index (χ0v) is 16.5. The molecular weight excluding hydrogens is 320 g/mol. The third-order valence-electron chi connectivity index (χ3n) is 9.23. The van der Waals surface area contributed by atoms with E-state index in [9.17, 15) is 9.90 Å². The topological polar surface area (TPSA) is 37.3 Å². The van der Waals surface area contributed by atoms with E-state index in [2.05, 4.69) is 26.8 Å². The number of hydrogen-bond donors (Lipinski definition) is 1. The molecule has 4 aliphatic carbocycles. The van der Waals surface area contributed by atoms with Gasteiger partial charge in [-0.2, -0.15) is 0 Å². The highest BCUT2D eigenvalue weighted by Crippen LogP contribution is 2.66. The molecule has 0 saturated heterocycles. The number of ketones is 1. The molecule has 0 spiro atoms. The Bertz CT molecular complexity index is 781. The number of phenolic OH excluding ortho intramolecular Hbond substituents is 1. The van der Waals surface area contributed by atoms with Crippen molar-refractivity contribution in [3.63, 3.8) is 0 Å². The van der Waals surface area contributed by atoms with Crippen molar-refractivity contribution in [1.82, 2.24) is 0 Å². The number of carbonyl (C=O) groups is 1. The van der Waals surface area contributed by atoms with Gasteiger partial charge in [0, 0.05) is 18.4 Å². The van der Waals surface area contributed by atoms with Gasteiger partial charge in [0.05, 0.1) is 0 Å². The molecule has 1 aromatic rings. The fourth-order valence-electron chi connectivity index (χ4n) is 7.95. The maximum atomic E-state index is 12.0. The molecule has 1 aromatic carbocycles. The second-order valence-corrected chi connectivity index (χ2v) is 10.4. The Kier molecular flexibility index (Phi) is 3.47. The van der Waals surface area contributed by atoms with Crippen molar-refractivity contribution < 1.29 is 9.90 Å². The fraction of sp³-hybridized carbons (Fsp3) is 0.708. The van der Waals surface area contributed by atoms with Crippen LogP contribution in [0.15, 0.2) is 12.1 Å². The minimum Gasteiger partial charge on any atom is -0.508 e. The Morgan fingerprint density at radius 2 is 1.85 bits per heavy atom. The van der Waals surface area contributed by atoms with Crippen LogP contribution in [0.1, 0.15) is 75.5 Å². The minimum absolute atomic E-state index is 0.141. The average Bonchev–Trinajstić information content (AvgIpc) is 2.88. The van der Waals surface area contributed by atoms with Crippen LogP contribution in [0.2, 0.25) is 0 Å². The molecule has 0 aliphatic heterocycles. The van der Waals surface area contributed by atoms with Crippen LogP contribution < -0.4 is 0 Å². The number of hydrogen-bond acceptors (Lipinski definition) is 2. The SMILES string of the molecule is Cc1cc(O)c2c(c1)C[C@H]1[C@H]3CC[C@H]4CC(=O)CC[C@]4(C)[C@H]3CC[C@]21C. The second kappa shape index (κ2) is 5.36. The number of fused-ring (bicyclic) bond motifs is 7. The third kappa shape index (κ3) is 2.08. The predicted octanol–water partition coefficient (Wildman–Crippen LogP) is 5.33. The van der Waals surface area contributed by atoms with Crippen LogP contribution in [0.25, 0.3) is 0 Å². The highest BCUT2D eigenvalue weighted by molar-refractivity contribution is 5.79. The van der Waals surface area contributed by atoms with Gasteiger partial charge in [0.25, 0.3) is 0 Å². The van der Waals surface area contributed by atoms with Gasteiger partial charge in [-0.25, -0.2) is 0 Å². The van der Waals surface area contributed by atoms with Crippen LogP contribution in [-0.2, 0) is 16.6 Å². The van der Waals surface area contributed by atoms with Crippen LogP contribution in [0.4, 0.5) is 0 Å². The third-order valence-corrected chi connectivity index (χ3v) is 9.23. The van der Waals surface area contributed by atoms with Gasteiger partial charge in [0.15, 0.2) is 0 Å². The summed E-state index contributed by atoms with van der Waals surface area (Å²) in [7, 11) is 0. The standard InChI is InChI=1S/C24H32O2/c1-14-10-15-12-20-18-5-4-16-13-17(25)6-8-23(16,2)19(18)7-9-24(20,3)22(15)21(26)11-14/h10-11,16,18-20,26H,4-9,12-13H2,1-3H3/t16-,18-,19-,20-,23-,24-/m0/s1. The largest absolute Gasteiger partial charge is 0.508 e. The first-order chi connectivity index (χ1) is 12.3. The highest BCUT2D eigenvalue weighted by atomic mass is 16.3. The summed E-state index contributed by atoms with van der Waals surface area (Å²) in [6, 6.07) is 4.28. The van der Waals surface area contributed by atoms with Crippen LogP contribution in [-0.4, -0.2) is 10.9 Å². The van der Waals surface area contributed by atoms with E-state index in [1.807, 2.05) is 6.07 Å². The molecule has 3 fully saturated rings. The predicted molar refractivity (Wildman–Crippen MR) is 103 cm³/mol. The Balaban J connectivity index is 1.53. The lowest BCUT2D eigenvalue weighted by atomic mass is 9.45. The highest BCUT2D eigenvalue weighted by Gasteiger charge is 2.59. The van der Waals surface area contributed by atoms with Gasteiger partial charge >= 0.3 is 0 Å². The molecule has 2 nitrogen and oxygen atoms in total. The summed E-state index contributed by atoms with van der Waals surface area (Å²) in [6.07, 6.45) is 8.87. The van der Waals surface area contributed by atoms with E-state index in [1.54, 1.807) is 0 Å². The summed E-state index contributed by atoms with van der Waals surface area (Å²) < 4.78 is 0. The van der Waals surface area contributed by atoms with E-state index in [0.29, 0.717) is 28.8 Å². The molecule has 0 aromatic heterocycles. The average molecular weight is 353 g/mol. The first kappa shape index (κ1) is 16.8. The number of aromatic hydroxyl groups is 1. The summed E-state index contributed by atoms with van der Waals surface area (Å²) in [6.45, 7) is 7.03. The summed E-state index contributed by atoms with van der Waals surface area (Å²) in [5.74, 6) is 3.85. The fourth-order valence-corrected chi connectivity index (χ4v) is 7.95. The zero-order valence-electron chi connectivity index (χ0n) is 16.5. The lowest BCUT2D eigenvalue weighted by molar-refractivity contribution is -0.135. The van der Waals surface area contributed by atoms with Crippen LogP contribution >= 0.6 is 0 Å². The first-order valence-electron chi connectivity index (χ1n) is 10.7. The van der Waals surface area contributed by atoms with Gasteiger partial charge in [0.1, 0.15) is 11.5 Å². The molecule has 0 radical (unpaired) electrons. The van der Waals surface area contributed by atoms with Crippen molar-refractivity contribution in [1.29, 1.82) is 0 Å². The van der Waals surface area contributed by atoms with Gasteiger partial charge in [-0.05, 0) is 97.1 Å². The normalized spacial score (nSPS) is 44.0. The number of benzene rings is 1. The van der Waals surface area contributed by atoms with Gasteiger partial charge in [0.2, 0.25) is 0 Å². The number of rotatable bonds is 0. The summed E-state index contributed by atoms with van der Waals surface area (Å²) in [5, 5.41) is 10.7. The number of Topliss-reactive ketones (excluding diaryl/α,β-unsaturated/α-hetero) is 1. The molecule has 0 bridgehead atoms. The molecular formula is C24H32O2. The summed E-state index contributed by atoms with van der Waals surface area (Å²) in [4.78, 5) is 12.0. The van der Waals surface area contributed by atoms with Gasteiger partial charge < -0.3 is 5.11 Å². The molecule has 0 amide bonds. The first-order valence-corrected chi connectivity index (χ1v) is 10.7. The van der Waals surface area contributed by atoms with Crippen LogP contribution in [0.3, 0.4) is 0 Å².